The standard InChI is InChI=1S/C18H16N2O4/c1-2-23-14-6-3-12(4-7-14)17(21)10-24-18(22)13-5-8-15-16(9-13)20-11-19-15/h3-9,11H,2,10H2,1H3,(H,19,20). The predicted molar refractivity (Wildman–Crippen MR) is 88.3 cm³/mol. The highest BCUT2D eigenvalue weighted by atomic mass is 16.5. The molecule has 122 valence electrons. The van der Waals surface area contributed by atoms with E-state index in [2.05, 4.69) is 9.97 Å². The maximum absolute atomic E-state index is 12.1. The number of aromatic amines is 1. The molecule has 1 aromatic heterocycles. The first-order valence-corrected chi connectivity index (χ1v) is 7.53. The molecule has 3 rings (SSSR count). The third kappa shape index (κ3) is 3.43. The van der Waals surface area contributed by atoms with E-state index >= 15 is 0 Å². The number of carbonyl (C=O) groups excluding carboxylic acids is 2. The zero-order valence-electron chi connectivity index (χ0n) is 13.1. The van der Waals surface area contributed by atoms with Gasteiger partial charge in [-0.05, 0) is 49.4 Å². The Morgan fingerprint density at radius 2 is 1.83 bits per heavy atom. The second kappa shape index (κ2) is 6.95. The van der Waals surface area contributed by atoms with Gasteiger partial charge in [-0.15, -0.1) is 0 Å². The van der Waals surface area contributed by atoms with Crippen LogP contribution in [0.5, 0.6) is 5.75 Å². The number of H-pyrrole nitrogens is 1. The van der Waals surface area contributed by atoms with Gasteiger partial charge in [-0.1, -0.05) is 0 Å². The number of ketones is 1. The molecule has 2 aromatic carbocycles. The van der Waals surface area contributed by atoms with Crippen LogP contribution in [0.2, 0.25) is 0 Å². The maximum Gasteiger partial charge on any atom is 0.338 e. The number of nitrogens with zero attached hydrogens (tertiary/aromatic N) is 1. The fourth-order valence-electron chi connectivity index (χ4n) is 2.26. The summed E-state index contributed by atoms with van der Waals surface area (Å²) in [4.78, 5) is 31.1. The summed E-state index contributed by atoms with van der Waals surface area (Å²) in [5, 5.41) is 0. The Morgan fingerprint density at radius 3 is 2.58 bits per heavy atom. The highest BCUT2D eigenvalue weighted by Crippen LogP contribution is 2.14. The van der Waals surface area contributed by atoms with Gasteiger partial charge >= 0.3 is 5.97 Å². The van der Waals surface area contributed by atoms with Crippen LogP contribution >= 0.6 is 0 Å². The Hall–Kier alpha value is -3.15. The molecule has 0 saturated carbocycles. The minimum Gasteiger partial charge on any atom is -0.494 e. The van der Waals surface area contributed by atoms with Crippen molar-refractivity contribution in [2.45, 2.75) is 6.92 Å². The van der Waals surface area contributed by atoms with Crippen LogP contribution in [0.1, 0.15) is 27.6 Å². The normalized spacial score (nSPS) is 10.5. The molecule has 1 N–H and O–H groups in total. The summed E-state index contributed by atoms with van der Waals surface area (Å²) in [6, 6.07) is 11.7. The minimum atomic E-state index is -0.550. The molecule has 1 heterocycles. The Bertz CT molecular complexity index is 868. The van der Waals surface area contributed by atoms with Gasteiger partial charge in [0.05, 0.1) is 29.5 Å². The fraction of sp³-hybridized carbons (Fsp3) is 0.167. The third-order valence-corrected chi connectivity index (χ3v) is 3.48. The van der Waals surface area contributed by atoms with Gasteiger partial charge in [0.1, 0.15) is 5.75 Å². The largest absolute Gasteiger partial charge is 0.494 e. The molecule has 24 heavy (non-hydrogen) atoms. The number of hydrogen-bond acceptors (Lipinski definition) is 5. The number of aromatic nitrogens is 2. The molecule has 0 amide bonds. The summed E-state index contributed by atoms with van der Waals surface area (Å²) < 4.78 is 10.4. The lowest BCUT2D eigenvalue weighted by atomic mass is 10.1. The van der Waals surface area contributed by atoms with E-state index in [1.165, 1.54) is 0 Å². The molecule has 0 radical (unpaired) electrons. The molecule has 0 saturated heterocycles. The monoisotopic (exact) mass is 324 g/mol. The molecule has 0 aliphatic heterocycles. The quantitative estimate of drug-likeness (QED) is 0.557. The van der Waals surface area contributed by atoms with Crippen LogP contribution in [-0.4, -0.2) is 34.9 Å². The van der Waals surface area contributed by atoms with Crippen molar-refractivity contribution in [3.8, 4) is 5.75 Å². The van der Waals surface area contributed by atoms with Crippen molar-refractivity contribution < 1.29 is 19.1 Å². The van der Waals surface area contributed by atoms with Crippen LogP contribution in [0.4, 0.5) is 0 Å². The molecule has 0 atom stereocenters. The van der Waals surface area contributed by atoms with Gasteiger partial charge in [-0.2, -0.15) is 0 Å². The van der Waals surface area contributed by atoms with Gasteiger partial charge in [0.25, 0.3) is 0 Å². The Balaban J connectivity index is 1.61. The summed E-state index contributed by atoms with van der Waals surface area (Å²) in [6.45, 7) is 2.14. The number of carbonyl (C=O) groups is 2. The first kappa shape index (κ1) is 15.7. The summed E-state index contributed by atoms with van der Waals surface area (Å²) in [7, 11) is 0. The summed E-state index contributed by atoms with van der Waals surface area (Å²) in [5.74, 6) is -0.126. The highest BCUT2D eigenvalue weighted by molar-refractivity contribution is 6.00. The van der Waals surface area contributed by atoms with E-state index in [-0.39, 0.29) is 12.4 Å². The van der Waals surface area contributed by atoms with Gasteiger partial charge in [0, 0.05) is 5.56 Å². The minimum absolute atomic E-state index is 0.269. The maximum atomic E-state index is 12.1. The number of rotatable bonds is 6. The molecule has 0 spiro atoms. The molecule has 0 aliphatic rings. The third-order valence-electron chi connectivity index (χ3n) is 3.48. The summed E-state index contributed by atoms with van der Waals surface area (Å²) in [5.41, 5.74) is 2.33. The number of esters is 1. The molecule has 0 aliphatic carbocycles. The van der Waals surface area contributed by atoms with E-state index in [9.17, 15) is 9.59 Å². The van der Waals surface area contributed by atoms with Crippen molar-refractivity contribution in [1.29, 1.82) is 0 Å². The lowest BCUT2D eigenvalue weighted by Gasteiger charge is -2.06. The Labute approximate surface area is 138 Å². The second-order valence-electron chi connectivity index (χ2n) is 5.09. The molecule has 6 nitrogen and oxygen atoms in total. The number of benzene rings is 2. The van der Waals surface area contributed by atoms with E-state index in [1.54, 1.807) is 48.8 Å². The molecule has 0 fully saturated rings. The van der Waals surface area contributed by atoms with Gasteiger partial charge in [0.2, 0.25) is 0 Å². The van der Waals surface area contributed by atoms with Crippen LogP contribution in [0.3, 0.4) is 0 Å². The summed E-state index contributed by atoms with van der Waals surface area (Å²) in [6.07, 6.45) is 1.55. The average molecular weight is 324 g/mol. The van der Waals surface area contributed by atoms with Crippen molar-refractivity contribution in [3.63, 3.8) is 0 Å². The van der Waals surface area contributed by atoms with Crippen LogP contribution in [-0.2, 0) is 4.74 Å². The van der Waals surface area contributed by atoms with Crippen molar-refractivity contribution in [2.75, 3.05) is 13.2 Å². The topological polar surface area (TPSA) is 81.3 Å². The van der Waals surface area contributed by atoms with Crippen molar-refractivity contribution in [2.24, 2.45) is 0 Å². The predicted octanol–water partition coefficient (Wildman–Crippen LogP) is 3.00. The number of ether oxygens (including phenoxy) is 2. The van der Waals surface area contributed by atoms with Crippen molar-refractivity contribution in [3.05, 3.63) is 59.9 Å². The summed E-state index contributed by atoms with van der Waals surface area (Å²) >= 11 is 0. The zero-order chi connectivity index (χ0) is 16.9. The van der Waals surface area contributed by atoms with Crippen LogP contribution < -0.4 is 4.74 Å². The van der Waals surface area contributed by atoms with Crippen molar-refractivity contribution >= 4 is 22.8 Å². The highest BCUT2D eigenvalue weighted by Gasteiger charge is 2.13. The van der Waals surface area contributed by atoms with Crippen molar-refractivity contribution in [1.82, 2.24) is 9.97 Å². The first-order chi connectivity index (χ1) is 11.7. The molecule has 6 heteroatoms. The van der Waals surface area contributed by atoms with E-state index in [1.807, 2.05) is 6.92 Å². The number of hydrogen-bond donors (Lipinski definition) is 1. The zero-order valence-corrected chi connectivity index (χ0v) is 13.1. The van der Waals surface area contributed by atoms with Gasteiger partial charge < -0.3 is 14.5 Å². The molecule has 3 aromatic rings. The van der Waals surface area contributed by atoms with Gasteiger partial charge in [-0.3, -0.25) is 4.79 Å². The Morgan fingerprint density at radius 1 is 1.08 bits per heavy atom. The second-order valence-corrected chi connectivity index (χ2v) is 5.09. The molecule has 0 bridgehead atoms. The van der Waals surface area contributed by atoms with E-state index in [0.717, 1.165) is 11.0 Å². The van der Waals surface area contributed by atoms with E-state index in [0.29, 0.717) is 23.5 Å². The number of fused-ring (bicyclic) bond motifs is 1. The fourth-order valence-corrected chi connectivity index (χ4v) is 2.26. The molecular weight excluding hydrogens is 308 g/mol. The number of imidazole rings is 1. The van der Waals surface area contributed by atoms with Gasteiger partial charge in [-0.25, -0.2) is 9.78 Å². The van der Waals surface area contributed by atoms with Crippen LogP contribution in [0.15, 0.2) is 48.8 Å². The number of nitrogens with one attached hydrogen (secondary N) is 1. The number of Topliss-reactive ketones (excluding diaryl/α,β-unsaturated/α-hetero) is 1. The van der Waals surface area contributed by atoms with Crippen LogP contribution in [0, 0.1) is 0 Å². The lowest BCUT2D eigenvalue weighted by Crippen LogP contribution is -2.14. The first-order valence-electron chi connectivity index (χ1n) is 7.53. The molecule has 0 unspecified atom stereocenters. The van der Waals surface area contributed by atoms with E-state index in [4.69, 9.17) is 9.47 Å². The smallest absolute Gasteiger partial charge is 0.338 e. The Kier molecular flexibility index (Phi) is 4.56. The SMILES string of the molecule is CCOc1ccc(C(=O)COC(=O)c2ccc3nc[nH]c3c2)cc1. The van der Waals surface area contributed by atoms with E-state index < -0.39 is 5.97 Å². The lowest BCUT2D eigenvalue weighted by molar-refractivity contribution is 0.0475. The average Bonchev–Trinajstić information content (AvgIpc) is 3.08. The van der Waals surface area contributed by atoms with Gasteiger partial charge in [0.15, 0.2) is 12.4 Å². The molecular formula is C18H16N2O4. The van der Waals surface area contributed by atoms with Crippen LogP contribution in [0.25, 0.3) is 11.0 Å².